The number of aliphatic hydroxyl groups excluding tert-OH is 1. The highest BCUT2D eigenvalue weighted by atomic mass is 35.5. The lowest BCUT2D eigenvalue weighted by molar-refractivity contribution is -0.121. The van der Waals surface area contributed by atoms with Crippen molar-refractivity contribution < 1.29 is 14.6 Å². The number of hydrazone groups is 1. The zero-order valence-electron chi connectivity index (χ0n) is 14.0. The number of nitrogens with one attached hydrogen (secondary N) is 1. The number of benzene rings is 2. The van der Waals surface area contributed by atoms with Gasteiger partial charge in [-0.3, -0.25) is 4.79 Å². The summed E-state index contributed by atoms with van der Waals surface area (Å²) in [7, 11) is 0. The van der Waals surface area contributed by atoms with Gasteiger partial charge in [-0.2, -0.15) is 5.10 Å². The first-order valence-electron chi connectivity index (χ1n) is 8.07. The number of carbonyl (C=O) groups excluding carboxylic acids is 1. The highest BCUT2D eigenvalue weighted by Crippen LogP contribution is 2.21. The van der Waals surface area contributed by atoms with E-state index in [1.54, 1.807) is 36.4 Å². The number of rotatable bonds is 8. The van der Waals surface area contributed by atoms with Crippen LogP contribution in [0.25, 0.3) is 0 Å². The molecule has 2 N–H and O–H groups in total. The summed E-state index contributed by atoms with van der Waals surface area (Å²) < 4.78 is 5.36. The van der Waals surface area contributed by atoms with Gasteiger partial charge in [0.2, 0.25) is 5.91 Å². The van der Waals surface area contributed by atoms with Crippen LogP contribution in [0.15, 0.2) is 53.6 Å². The van der Waals surface area contributed by atoms with Crippen molar-refractivity contribution in [1.82, 2.24) is 5.43 Å². The molecule has 0 aromatic heterocycles. The first kappa shape index (κ1) is 19.0. The van der Waals surface area contributed by atoms with Crippen LogP contribution in [0, 0.1) is 0 Å². The van der Waals surface area contributed by atoms with Gasteiger partial charge in [-0.05, 0) is 37.1 Å². The highest BCUT2D eigenvalue weighted by Gasteiger charge is 2.10. The molecule has 0 aliphatic heterocycles. The topological polar surface area (TPSA) is 70.9 Å². The van der Waals surface area contributed by atoms with Gasteiger partial charge in [-0.1, -0.05) is 41.9 Å². The third-order valence-electron chi connectivity index (χ3n) is 3.52. The third kappa shape index (κ3) is 6.21. The first-order chi connectivity index (χ1) is 12.1. The Morgan fingerprint density at radius 3 is 2.68 bits per heavy atom. The lowest BCUT2D eigenvalue weighted by atomic mass is 10.0. The van der Waals surface area contributed by atoms with Gasteiger partial charge in [-0.25, -0.2) is 5.43 Å². The predicted octanol–water partition coefficient (Wildman–Crippen LogP) is 3.70. The van der Waals surface area contributed by atoms with Crippen LogP contribution in [0.5, 0.6) is 5.75 Å². The fraction of sp³-hybridized carbons (Fsp3) is 0.263. The summed E-state index contributed by atoms with van der Waals surface area (Å²) in [4.78, 5) is 11.8. The molecule has 0 bridgehead atoms. The average Bonchev–Trinajstić information content (AvgIpc) is 2.62. The van der Waals surface area contributed by atoms with E-state index >= 15 is 0 Å². The van der Waals surface area contributed by atoms with E-state index in [4.69, 9.17) is 16.3 Å². The number of nitrogens with zero attached hydrogens (tertiary/aromatic N) is 1. The van der Waals surface area contributed by atoms with Crippen LogP contribution in [0.2, 0.25) is 5.02 Å². The number of aliphatic hydroxyl groups is 1. The van der Waals surface area contributed by atoms with Crippen LogP contribution in [0.1, 0.15) is 37.0 Å². The molecule has 5 nitrogen and oxygen atoms in total. The summed E-state index contributed by atoms with van der Waals surface area (Å²) >= 11 is 6.00. The second kappa shape index (κ2) is 9.81. The largest absolute Gasteiger partial charge is 0.494 e. The predicted molar refractivity (Wildman–Crippen MR) is 99.0 cm³/mol. The average molecular weight is 361 g/mol. The molecule has 0 fully saturated rings. The molecule has 0 spiro atoms. The van der Waals surface area contributed by atoms with Gasteiger partial charge in [0.05, 0.1) is 18.9 Å². The van der Waals surface area contributed by atoms with E-state index in [0.29, 0.717) is 18.1 Å². The van der Waals surface area contributed by atoms with Crippen molar-refractivity contribution >= 4 is 23.7 Å². The first-order valence-corrected chi connectivity index (χ1v) is 8.45. The molecule has 1 amide bonds. The minimum absolute atomic E-state index is 0.161. The van der Waals surface area contributed by atoms with E-state index in [1.807, 2.05) is 19.1 Å². The SMILES string of the molecule is CCOc1ccc(C(O)CCC(=O)N/N=C/c2ccccc2Cl)cc1. The van der Waals surface area contributed by atoms with Gasteiger partial charge in [0.25, 0.3) is 0 Å². The number of amides is 1. The number of hydrogen-bond donors (Lipinski definition) is 2. The van der Waals surface area contributed by atoms with Crippen molar-refractivity contribution in [3.63, 3.8) is 0 Å². The Bertz CT molecular complexity index is 717. The molecule has 0 saturated heterocycles. The minimum atomic E-state index is -0.714. The zero-order valence-corrected chi connectivity index (χ0v) is 14.7. The van der Waals surface area contributed by atoms with E-state index in [9.17, 15) is 9.90 Å². The summed E-state index contributed by atoms with van der Waals surface area (Å²) in [6.07, 6.45) is 1.24. The summed E-state index contributed by atoms with van der Waals surface area (Å²) in [5, 5.41) is 14.6. The summed E-state index contributed by atoms with van der Waals surface area (Å²) in [6, 6.07) is 14.4. The Labute approximate surface area is 152 Å². The zero-order chi connectivity index (χ0) is 18.1. The molecule has 2 aromatic carbocycles. The second-order valence-corrected chi connectivity index (χ2v) is 5.78. The molecular weight excluding hydrogens is 340 g/mol. The molecule has 0 aliphatic rings. The van der Waals surface area contributed by atoms with E-state index in [2.05, 4.69) is 10.5 Å². The molecule has 25 heavy (non-hydrogen) atoms. The Morgan fingerprint density at radius 2 is 2.00 bits per heavy atom. The molecule has 1 unspecified atom stereocenters. The fourth-order valence-corrected chi connectivity index (χ4v) is 2.38. The highest BCUT2D eigenvalue weighted by molar-refractivity contribution is 6.33. The van der Waals surface area contributed by atoms with Gasteiger partial charge < -0.3 is 9.84 Å². The Balaban J connectivity index is 1.78. The van der Waals surface area contributed by atoms with Crippen LogP contribution in [0.3, 0.4) is 0 Å². The van der Waals surface area contributed by atoms with E-state index in [0.717, 1.165) is 16.9 Å². The molecule has 132 valence electrons. The van der Waals surface area contributed by atoms with Crippen molar-refractivity contribution in [2.45, 2.75) is 25.9 Å². The second-order valence-electron chi connectivity index (χ2n) is 5.37. The van der Waals surface area contributed by atoms with Crippen molar-refractivity contribution in [3.8, 4) is 5.75 Å². The van der Waals surface area contributed by atoms with Crippen molar-refractivity contribution in [2.75, 3.05) is 6.61 Å². The quantitative estimate of drug-likeness (QED) is 0.557. The minimum Gasteiger partial charge on any atom is -0.494 e. The van der Waals surface area contributed by atoms with Gasteiger partial charge in [-0.15, -0.1) is 0 Å². The summed E-state index contributed by atoms with van der Waals surface area (Å²) in [6.45, 7) is 2.51. The molecule has 0 saturated carbocycles. The van der Waals surface area contributed by atoms with Crippen molar-refractivity contribution in [3.05, 3.63) is 64.7 Å². The molecular formula is C19H21ClN2O3. The maximum Gasteiger partial charge on any atom is 0.240 e. The fourth-order valence-electron chi connectivity index (χ4n) is 2.20. The van der Waals surface area contributed by atoms with Crippen molar-refractivity contribution in [1.29, 1.82) is 0 Å². The summed E-state index contributed by atoms with van der Waals surface area (Å²) in [5.41, 5.74) is 3.90. The van der Waals surface area contributed by atoms with Crippen molar-refractivity contribution in [2.24, 2.45) is 5.10 Å². The maximum absolute atomic E-state index is 11.8. The van der Waals surface area contributed by atoms with E-state index < -0.39 is 6.10 Å². The van der Waals surface area contributed by atoms with Crippen LogP contribution in [0.4, 0.5) is 0 Å². The lowest BCUT2D eigenvalue weighted by Gasteiger charge is -2.11. The molecule has 1 atom stereocenters. The Kier molecular flexibility index (Phi) is 7.44. The standard InChI is InChI=1S/C19H21ClN2O3/c1-2-25-16-9-7-14(8-10-16)18(23)11-12-19(24)22-21-13-15-5-3-4-6-17(15)20/h3-10,13,18,23H,2,11-12H2,1H3,(H,22,24)/b21-13+. The molecule has 2 aromatic rings. The smallest absolute Gasteiger partial charge is 0.240 e. The molecule has 2 rings (SSSR count). The number of carbonyl (C=O) groups is 1. The Hall–Kier alpha value is -2.37. The third-order valence-corrected chi connectivity index (χ3v) is 3.86. The molecule has 0 aliphatic carbocycles. The molecule has 0 radical (unpaired) electrons. The van der Waals surface area contributed by atoms with Crippen LogP contribution in [-0.2, 0) is 4.79 Å². The molecule has 6 heteroatoms. The van der Waals surface area contributed by atoms with Crippen LogP contribution in [-0.4, -0.2) is 23.8 Å². The maximum atomic E-state index is 11.8. The van der Waals surface area contributed by atoms with Crippen LogP contribution >= 0.6 is 11.6 Å². The monoisotopic (exact) mass is 360 g/mol. The van der Waals surface area contributed by atoms with Gasteiger partial charge >= 0.3 is 0 Å². The van der Waals surface area contributed by atoms with Gasteiger partial charge in [0.1, 0.15) is 5.75 Å². The normalized spacial score (nSPS) is 12.1. The summed E-state index contributed by atoms with van der Waals surface area (Å²) in [5.74, 6) is 0.485. The molecule has 0 heterocycles. The Morgan fingerprint density at radius 1 is 1.28 bits per heavy atom. The number of halogens is 1. The number of ether oxygens (including phenoxy) is 1. The lowest BCUT2D eigenvalue weighted by Crippen LogP contribution is -2.18. The van der Waals surface area contributed by atoms with Crippen LogP contribution < -0.4 is 10.2 Å². The number of hydrogen-bond acceptors (Lipinski definition) is 4. The van der Waals surface area contributed by atoms with E-state index in [1.165, 1.54) is 6.21 Å². The van der Waals surface area contributed by atoms with Gasteiger partial charge in [0, 0.05) is 17.0 Å². The van der Waals surface area contributed by atoms with Gasteiger partial charge in [0.15, 0.2) is 0 Å². The van der Waals surface area contributed by atoms with E-state index in [-0.39, 0.29) is 12.3 Å².